The van der Waals surface area contributed by atoms with E-state index in [1.165, 1.54) is 11.1 Å². The first-order valence-corrected chi connectivity index (χ1v) is 8.32. The number of fused-ring (bicyclic) bond motifs is 1. The molecule has 2 heterocycles. The Morgan fingerprint density at radius 2 is 2.16 bits per heavy atom. The van der Waals surface area contributed by atoms with E-state index < -0.39 is 0 Å². The van der Waals surface area contributed by atoms with Gasteiger partial charge < -0.3 is 5.32 Å². The van der Waals surface area contributed by atoms with Gasteiger partial charge in [-0.25, -0.2) is 4.98 Å². The molecule has 1 atom stereocenters. The Hall–Kier alpha value is -3.02. The van der Waals surface area contributed by atoms with Gasteiger partial charge in [0.25, 0.3) is 5.91 Å². The number of rotatable bonds is 3. The summed E-state index contributed by atoms with van der Waals surface area (Å²) < 4.78 is 1.59. The van der Waals surface area contributed by atoms with E-state index in [0.717, 1.165) is 29.8 Å². The van der Waals surface area contributed by atoms with Crippen molar-refractivity contribution in [3.05, 3.63) is 65.4 Å². The Morgan fingerprint density at radius 3 is 2.92 bits per heavy atom. The second-order valence-electron chi connectivity index (χ2n) is 6.36. The van der Waals surface area contributed by atoms with Crippen molar-refractivity contribution in [2.75, 3.05) is 0 Å². The number of hydrogen-bond donors (Lipinski definition) is 1. The van der Waals surface area contributed by atoms with Crippen LogP contribution in [0.15, 0.2) is 42.9 Å². The molecule has 0 saturated carbocycles. The Bertz CT molecular complexity index is 946. The zero-order valence-electron chi connectivity index (χ0n) is 14.2. The Labute approximate surface area is 145 Å². The summed E-state index contributed by atoms with van der Waals surface area (Å²) in [6, 6.07) is 8.07. The van der Waals surface area contributed by atoms with Gasteiger partial charge in [0.1, 0.15) is 5.69 Å². The molecule has 6 heteroatoms. The molecule has 1 amide bonds. The predicted molar refractivity (Wildman–Crippen MR) is 93.9 cm³/mol. The first kappa shape index (κ1) is 15.5. The molecule has 0 unspecified atom stereocenters. The van der Waals surface area contributed by atoms with Crippen molar-refractivity contribution < 1.29 is 4.79 Å². The molecule has 0 bridgehead atoms. The number of carbonyl (C=O) groups excluding carboxylic acids is 1. The molecular weight excluding hydrogens is 314 g/mol. The molecule has 126 valence electrons. The van der Waals surface area contributed by atoms with Gasteiger partial charge in [-0.15, -0.1) is 0 Å². The van der Waals surface area contributed by atoms with E-state index >= 15 is 0 Å². The number of hydrogen-bond acceptors (Lipinski definition) is 4. The van der Waals surface area contributed by atoms with E-state index in [9.17, 15) is 4.79 Å². The van der Waals surface area contributed by atoms with Crippen LogP contribution in [0.3, 0.4) is 0 Å². The lowest BCUT2D eigenvalue weighted by atomic mass is 10.0. The molecule has 1 N–H and O–H groups in total. The smallest absolute Gasteiger partial charge is 0.270 e. The largest absolute Gasteiger partial charge is 0.344 e. The summed E-state index contributed by atoms with van der Waals surface area (Å²) in [7, 11) is 1.77. The highest BCUT2D eigenvalue weighted by molar-refractivity contribution is 5.92. The van der Waals surface area contributed by atoms with Gasteiger partial charge in [-0.2, -0.15) is 5.10 Å². The molecule has 6 nitrogen and oxygen atoms in total. The minimum atomic E-state index is -0.0912. The fourth-order valence-corrected chi connectivity index (χ4v) is 3.36. The van der Waals surface area contributed by atoms with Gasteiger partial charge in [0.2, 0.25) is 0 Å². The van der Waals surface area contributed by atoms with Crippen LogP contribution in [0.2, 0.25) is 0 Å². The van der Waals surface area contributed by atoms with E-state index in [-0.39, 0.29) is 11.9 Å². The second-order valence-corrected chi connectivity index (χ2v) is 6.36. The van der Waals surface area contributed by atoms with E-state index in [4.69, 9.17) is 0 Å². The Kier molecular flexibility index (Phi) is 3.80. The molecule has 3 aromatic rings. The molecule has 4 rings (SSSR count). The zero-order valence-corrected chi connectivity index (χ0v) is 14.2. The lowest BCUT2D eigenvalue weighted by Gasteiger charge is -2.14. The number of benzene rings is 1. The van der Waals surface area contributed by atoms with Gasteiger partial charge >= 0.3 is 0 Å². The van der Waals surface area contributed by atoms with E-state index in [1.54, 1.807) is 36.4 Å². The van der Waals surface area contributed by atoms with Crippen molar-refractivity contribution in [3.8, 4) is 11.3 Å². The van der Waals surface area contributed by atoms with Gasteiger partial charge in [0.05, 0.1) is 23.6 Å². The highest BCUT2D eigenvalue weighted by Gasteiger charge is 2.25. The topological polar surface area (TPSA) is 72.7 Å². The molecule has 0 spiro atoms. The summed E-state index contributed by atoms with van der Waals surface area (Å²) in [6.45, 7) is 1.94. The fourth-order valence-electron chi connectivity index (χ4n) is 3.36. The molecule has 1 aliphatic carbocycles. The van der Waals surface area contributed by atoms with Crippen molar-refractivity contribution in [3.63, 3.8) is 0 Å². The first-order valence-electron chi connectivity index (χ1n) is 8.32. The molecule has 0 radical (unpaired) electrons. The number of amides is 1. The van der Waals surface area contributed by atoms with Gasteiger partial charge in [0.15, 0.2) is 0 Å². The lowest BCUT2D eigenvalue weighted by Crippen LogP contribution is -2.28. The number of carbonyl (C=O) groups is 1. The van der Waals surface area contributed by atoms with E-state index in [2.05, 4.69) is 38.6 Å². The maximum absolute atomic E-state index is 12.4. The molecule has 0 fully saturated rings. The van der Waals surface area contributed by atoms with Crippen molar-refractivity contribution in [1.82, 2.24) is 25.1 Å². The number of nitrogens with zero attached hydrogens (tertiary/aromatic N) is 4. The van der Waals surface area contributed by atoms with Crippen molar-refractivity contribution in [2.24, 2.45) is 7.05 Å². The van der Waals surface area contributed by atoms with Gasteiger partial charge in [-0.3, -0.25) is 14.5 Å². The number of aromatic nitrogens is 4. The summed E-state index contributed by atoms with van der Waals surface area (Å²) in [4.78, 5) is 21.2. The minimum Gasteiger partial charge on any atom is -0.344 e. The number of nitrogens with one attached hydrogen (secondary N) is 1. The highest BCUT2D eigenvalue weighted by atomic mass is 16.2. The van der Waals surface area contributed by atoms with Crippen LogP contribution in [0.25, 0.3) is 11.3 Å². The summed E-state index contributed by atoms with van der Waals surface area (Å²) in [5.74, 6) is -0.0912. The van der Waals surface area contributed by atoms with Crippen LogP contribution in [-0.2, 0) is 13.5 Å². The van der Waals surface area contributed by atoms with Crippen LogP contribution in [0.4, 0.5) is 0 Å². The van der Waals surface area contributed by atoms with Crippen molar-refractivity contribution in [1.29, 1.82) is 0 Å². The van der Waals surface area contributed by atoms with E-state index in [1.807, 2.05) is 6.92 Å². The zero-order chi connectivity index (χ0) is 17.4. The summed E-state index contributed by atoms with van der Waals surface area (Å²) in [5, 5.41) is 7.17. The van der Waals surface area contributed by atoms with Crippen LogP contribution in [-0.4, -0.2) is 25.7 Å². The molecular formula is C19H19N5O. The number of aryl methyl sites for hydroxylation is 3. The second kappa shape index (κ2) is 6.12. The first-order chi connectivity index (χ1) is 12.1. The van der Waals surface area contributed by atoms with Crippen LogP contribution in [0.5, 0.6) is 0 Å². The predicted octanol–water partition coefficient (Wildman–Crippen LogP) is 2.60. The Morgan fingerprint density at radius 1 is 1.28 bits per heavy atom. The van der Waals surface area contributed by atoms with Crippen molar-refractivity contribution in [2.45, 2.75) is 25.8 Å². The van der Waals surface area contributed by atoms with Crippen molar-refractivity contribution >= 4 is 5.91 Å². The van der Waals surface area contributed by atoms with E-state index in [0.29, 0.717) is 5.69 Å². The van der Waals surface area contributed by atoms with Gasteiger partial charge in [0, 0.05) is 25.0 Å². The SMILES string of the molecule is Cc1cncc(-c2ccc3c(c2)CC[C@H]3NC(=O)c2ccnn2C)n1. The average Bonchev–Trinajstić information content (AvgIpc) is 3.21. The standard InChI is InChI=1S/C19H19N5O/c1-12-10-20-11-17(22-12)14-3-5-15-13(9-14)4-6-16(15)23-19(25)18-7-8-21-24(18)2/h3,5,7-11,16H,4,6H2,1-2H3,(H,23,25)/t16-/m1/s1. The van der Waals surface area contributed by atoms with Crippen LogP contribution >= 0.6 is 0 Å². The van der Waals surface area contributed by atoms with Gasteiger partial charge in [-0.05, 0) is 43.0 Å². The maximum Gasteiger partial charge on any atom is 0.270 e. The average molecular weight is 333 g/mol. The third-order valence-electron chi connectivity index (χ3n) is 4.63. The molecule has 1 aliphatic rings. The third-order valence-corrected chi connectivity index (χ3v) is 4.63. The summed E-state index contributed by atoms with van der Waals surface area (Å²) >= 11 is 0. The minimum absolute atomic E-state index is 0.0371. The lowest BCUT2D eigenvalue weighted by molar-refractivity contribution is 0.0927. The monoisotopic (exact) mass is 333 g/mol. The van der Waals surface area contributed by atoms with Gasteiger partial charge in [-0.1, -0.05) is 12.1 Å². The summed E-state index contributed by atoms with van der Waals surface area (Å²) in [6.07, 6.45) is 7.01. The molecule has 0 aliphatic heterocycles. The molecule has 2 aromatic heterocycles. The fraction of sp³-hybridized carbons (Fsp3) is 0.263. The quantitative estimate of drug-likeness (QED) is 0.800. The van der Waals surface area contributed by atoms with Crippen LogP contribution in [0, 0.1) is 6.92 Å². The summed E-state index contributed by atoms with van der Waals surface area (Å²) in [5.41, 5.74) is 5.86. The normalized spacial score (nSPS) is 15.8. The van der Waals surface area contributed by atoms with Crippen LogP contribution < -0.4 is 5.32 Å². The maximum atomic E-state index is 12.4. The molecule has 0 saturated heterocycles. The van der Waals surface area contributed by atoms with Crippen LogP contribution in [0.1, 0.15) is 39.8 Å². The highest BCUT2D eigenvalue weighted by Crippen LogP contribution is 2.34. The molecule has 1 aromatic carbocycles. The molecule has 25 heavy (non-hydrogen) atoms. The Balaban J connectivity index is 1.57. The third kappa shape index (κ3) is 2.91.